The first-order valence-electron chi connectivity index (χ1n) is 22.9. The van der Waals surface area contributed by atoms with Crippen molar-refractivity contribution < 1.29 is 48.6 Å². The van der Waals surface area contributed by atoms with Crippen molar-refractivity contribution in [1.29, 1.82) is 0 Å². The molecule has 2 rings (SSSR count). The summed E-state index contributed by atoms with van der Waals surface area (Å²) in [5.74, 6) is -5.80. The Balaban J connectivity index is 2.23. The van der Waals surface area contributed by atoms with E-state index in [-0.39, 0.29) is 94.9 Å². The smallest absolute Gasteiger partial charge is 0.326 e. The van der Waals surface area contributed by atoms with Crippen LogP contribution < -0.4 is 55.3 Å². The lowest BCUT2D eigenvalue weighted by atomic mass is 10.0. The largest absolute Gasteiger partial charge is 0.480 e. The number of nitrogens with zero attached hydrogens (tertiary/aromatic N) is 4. The van der Waals surface area contributed by atoms with Gasteiger partial charge in [-0.1, -0.05) is 27.7 Å². The van der Waals surface area contributed by atoms with E-state index >= 15 is 0 Å². The molecule has 0 aromatic rings. The quantitative estimate of drug-likeness (QED) is 0.0199. The molecule has 0 radical (unpaired) electrons. The number of rotatable bonds is 29. The van der Waals surface area contributed by atoms with Gasteiger partial charge in [0, 0.05) is 26.2 Å². The Labute approximate surface area is 396 Å². The molecular formula is C42H76N14O10S. The van der Waals surface area contributed by atoms with Crippen LogP contribution in [0.2, 0.25) is 0 Å². The van der Waals surface area contributed by atoms with Gasteiger partial charge in [0.25, 0.3) is 0 Å². The number of aliphatic hydroxyl groups is 1. The van der Waals surface area contributed by atoms with Crippen LogP contribution >= 0.6 is 11.8 Å². The summed E-state index contributed by atoms with van der Waals surface area (Å²) in [6, 6.07) is -9.16. The monoisotopic (exact) mass is 969 g/mol. The molecule has 0 aliphatic carbocycles. The summed E-state index contributed by atoms with van der Waals surface area (Å²) >= 11 is 1.51. The van der Waals surface area contributed by atoms with Gasteiger partial charge in [0.2, 0.25) is 41.4 Å². The van der Waals surface area contributed by atoms with E-state index in [0.717, 1.165) is 0 Å². The molecule has 0 saturated carbocycles. The van der Waals surface area contributed by atoms with E-state index in [1.165, 1.54) is 21.6 Å². The third kappa shape index (κ3) is 19.8. The predicted molar refractivity (Wildman–Crippen MR) is 254 cm³/mol. The molecule has 380 valence electrons. The second-order valence-electron chi connectivity index (χ2n) is 17.8. The summed E-state index contributed by atoms with van der Waals surface area (Å²) < 4.78 is 0. The number of aliphatic hydroxyl groups excluding tert-OH is 1. The highest BCUT2D eigenvalue weighted by molar-refractivity contribution is 7.98. The van der Waals surface area contributed by atoms with E-state index in [9.17, 15) is 48.6 Å². The summed E-state index contributed by atoms with van der Waals surface area (Å²) in [6.45, 7) is 7.11. The van der Waals surface area contributed by atoms with Crippen molar-refractivity contribution in [3.63, 3.8) is 0 Å². The predicted octanol–water partition coefficient (Wildman–Crippen LogP) is -3.25. The summed E-state index contributed by atoms with van der Waals surface area (Å²) in [7, 11) is 0. The molecule has 0 bridgehead atoms. The lowest BCUT2D eigenvalue weighted by molar-refractivity contribution is -0.146. The normalized spacial score (nSPS) is 18.5. The highest BCUT2D eigenvalue weighted by Gasteiger charge is 2.42. The molecule has 0 spiro atoms. The molecule has 0 aromatic carbocycles. The SMILES string of the molecule is CSCC[C@H](N)C(=O)N[C@@H](CCCN=C(N)N)C(=O)N[C@@H](CC(C)C)C(=O)N[C@@H](CO)C(=O)N1CCC[C@H]1C(=O)N[C@@H](CC(C)C)C(=O)N1CCC[C@H]1C(=O)N[C@@H](CCCN=C(N)N)C(=O)O. The molecule has 0 unspecified atom stereocenters. The third-order valence-electron chi connectivity index (χ3n) is 11.2. The molecule has 25 heteroatoms. The van der Waals surface area contributed by atoms with Crippen LogP contribution in [0.4, 0.5) is 0 Å². The summed E-state index contributed by atoms with van der Waals surface area (Å²) in [5, 5.41) is 33.4. The molecule has 0 aromatic heterocycles. The Morgan fingerprint density at radius 2 is 1.06 bits per heavy atom. The van der Waals surface area contributed by atoms with Gasteiger partial charge in [-0.05, 0) is 94.5 Å². The summed E-state index contributed by atoms with van der Waals surface area (Å²) in [6.07, 6.45) is 4.58. The fourth-order valence-electron chi connectivity index (χ4n) is 7.86. The number of carbonyl (C=O) groups excluding carboxylic acids is 7. The lowest BCUT2D eigenvalue weighted by Gasteiger charge is -2.32. The molecule has 8 atom stereocenters. The minimum Gasteiger partial charge on any atom is -0.480 e. The Morgan fingerprint density at radius 1 is 0.627 bits per heavy atom. The Bertz CT molecular complexity index is 1750. The van der Waals surface area contributed by atoms with Crippen LogP contribution in [0.5, 0.6) is 0 Å². The third-order valence-corrected chi connectivity index (χ3v) is 11.9. The zero-order valence-corrected chi connectivity index (χ0v) is 40.4. The number of carboxylic acid groups (broad SMARTS) is 1. The first-order valence-corrected chi connectivity index (χ1v) is 24.3. The fraction of sp³-hybridized carbons (Fsp3) is 0.762. The van der Waals surface area contributed by atoms with Gasteiger partial charge in [-0.2, -0.15) is 11.8 Å². The van der Waals surface area contributed by atoms with Crippen molar-refractivity contribution in [3.05, 3.63) is 0 Å². The molecule has 7 amide bonds. The van der Waals surface area contributed by atoms with Gasteiger partial charge in [0.1, 0.15) is 42.3 Å². The van der Waals surface area contributed by atoms with Gasteiger partial charge >= 0.3 is 5.97 Å². The van der Waals surface area contributed by atoms with Crippen LogP contribution in [0.3, 0.4) is 0 Å². The van der Waals surface area contributed by atoms with Crippen LogP contribution in [-0.2, 0) is 38.4 Å². The average molecular weight is 969 g/mol. The number of likely N-dealkylation sites (tertiary alicyclic amines) is 2. The molecule has 2 saturated heterocycles. The maximum atomic E-state index is 14.1. The van der Waals surface area contributed by atoms with Crippen molar-refractivity contribution in [1.82, 2.24) is 36.4 Å². The first kappa shape index (κ1) is 57.7. The zero-order valence-electron chi connectivity index (χ0n) is 39.5. The van der Waals surface area contributed by atoms with Gasteiger partial charge in [0.05, 0.1) is 12.6 Å². The first-order chi connectivity index (χ1) is 31.6. The molecule has 17 N–H and O–H groups in total. The Morgan fingerprint density at radius 3 is 1.52 bits per heavy atom. The fourth-order valence-corrected chi connectivity index (χ4v) is 8.35. The van der Waals surface area contributed by atoms with Crippen LogP contribution in [-0.4, -0.2) is 172 Å². The lowest BCUT2D eigenvalue weighted by Crippen LogP contribution is -2.60. The molecule has 67 heavy (non-hydrogen) atoms. The Hall–Kier alpha value is -5.43. The number of hydrogen-bond donors (Lipinski definition) is 12. The van der Waals surface area contributed by atoms with E-state index in [0.29, 0.717) is 31.4 Å². The molecule has 2 aliphatic heterocycles. The maximum Gasteiger partial charge on any atom is 0.326 e. The van der Waals surface area contributed by atoms with Gasteiger partial charge in [-0.15, -0.1) is 0 Å². The number of carboxylic acids is 1. The maximum absolute atomic E-state index is 14.1. The number of amides is 7. The average Bonchev–Trinajstić information content (AvgIpc) is 3.96. The molecule has 24 nitrogen and oxygen atoms in total. The highest BCUT2D eigenvalue weighted by Crippen LogP contribution is 2.23. The van der Waals surface area contributed by atoms with Crippen LogP contribution in [0, 0.1) is 11.8 Å². The molecule has 2 fully saturated rings. The van der Waals surface area contributed by atoms with Gasteiger partial charge in [-0.3, -0.25) is 43.5 Å². The van der Waals surface area contributed by atoms with Crippen LogP contribution in [0.1, 0.15) is 98.3 Å². The van der Waals surface area contributed by atoms with Gasteiger partial charge in [-0.25, -0.2) is 4.79 Å². The van der Waals surface area contributed by atoms with E-state index < -0.39 is 102 Å². The number of nitrogens with one attached hydrogen (secondary N) is 5. The van der Waals surface area contributed by atoms with Crippen molar-refractivity contribution in [2.45, 2.75) is 147 Å². The number of aliphatic carboxylic acids is 1. The van der Waals surface area contributed by atoms with Crippen LogP contribution in [0.25, 0.3) is 0 Å². The minimum atomic E-state index is -1.52. The number of hydrogen-bond acceptors (Lipinski definition) is 13. The second kappa shape index (κ2) is 29.4. The van der Waals surface area contributed by atoms with Gasteiger partial charge in [0.15, 0.2) is 11.9 Å². The van der Waals surface area contributed by atoms with E-state index in [4.69, 9.17) is 28.7 Å². The number of nitrogens with two attached hydrogens (primary N) is 5. The van der Waals surface area contributed by atoms with E-state index in [2.05, 4.69) is 36.6 Å². The molecule has 2 heterocycles. The zero-order chi connectivity index (χ0) is 50.4. The standard InChI is InChI=1S/C42H76N14O10S/c1-23(2)20-28(52-34(59)26(10-6-15-48-41(44)45)50-33(58)25(43)14-19-67-5)35(60)54-30(22-57)39(64)56-18-9-13-32(56)37(62)53-29(21-24(3)4)38(63)55-17-8-12-31(55)36(61)51-27(40(65)66)11-7-16-49-42(46)47/h23-32,57H,6-22,43H2,1-5H3,(H,50,58)(H,51,61)(H,52,59)(H,53,62)(H,54,60)(H,65,66)(H4,44,45,48)(H4,46,47,49)/t25-,26-,27-,28-,29-,30-,31-,32-/m0/s1. The van der Waals surface area contributed by atoms with E-state index in [1.54, 1.807) is 0 Å². The number of aliphatic imine (C=N–C) groups is 2. The summed E-state index contributed by atoms with van der Waals surface area (Å²) in [4.78, 5) is 119. The second-order valence-corrected chi connectivity index (χ2v) is 18.7. The topological polar surface area (TPSA) is 398 Å². The van der Waals surface area contributed by atoms with Crippen molar-refractivity contribution >= 4 is 71.0 Å². The van der Waals surface area contributed by atoms with Gasteiger partial charge < -0.3 is 75.3 Å². The van der Waals surface area contributed by atoms with Crippen molar-refractivity contribution in [2.24, 2.45) is 50.5 Å². The minimum absolute atomic E-state index is 0.0385. The van der Waals surface area contributed by atoms with Crippen LogP contribution in [0.15, 0.2) is 9.98 Å². The van der Waals surface area contributed by atoms with Crippen molar-refractivity contribution in [2.75, 3.05) is 44.8 Å². The van der Waals surface area contributed by atoms with Crippen molar-refractivity contribution in [3.8, 4) is 0 Å². The van der Waals surface area contributed by atoms with E-state index in [1.807, 2.05) is 34.0 Å². The number of carbonyl (C=O) groups is 8. The Kier molecular flexibility index (Phi) is 25.3. The molecule has 2 aliphatic rings. The molecular weight excluding hydrogens is 893 g/mol. The summed E-state index contributed by atoms with van der Waals surface area (Å²) in [5.41, 5.74) is 27.6. The number of thioether (sulfide) groups is 1. The highest BCUT2D eigenvalue weighted by atomic mass is 32.2. The number of guanidine groups is 2.